The average Bonchev–Trinajstić information content (AvgIpc) is 3.43. The van der Waals surface area contributed by atoms with Crippen molar-refractivity contribution >= 4 is 57.3 Å². The number of fused-ring (bicyclic) bond motifs is 1. The van der Waals surface area contributed by atoms with Crippen LogP contribution in [0.4, 0.5) is 23.0 Å². The molecule has 206 valence electrons. The van der Waals surface area contributed by atoms with E-state index in [2.05, 4.69) is 30.9 Å². The molecule has 5 rings (SSSR count). The van der Waals surface area contributed by atoms with Crippen molar-refractivity contribution in [2.24, 2.45) is 0 Å². The molecule has 9 nitrogen and oxygen atoms in total. The minimum Gasteiger partial charge on any atom is -0.360 e. The molecule has 10 heteroatoms. The van der Waals surface area contributed by atoms with Crippen LogP contribution in [0.15, 0.2) is 97.3 Å². The van der Waals surface area contributed by atoms with Gasteiger partial charge in [0.05, 0.1) is 16.9 Å². The second-order valence-corrected chi connectivity index (χ2v) is 9.28. The van der Waals surface area contributed by atoms with Crippen LogP contribution in [0.1, 0.15) is 18.6 Å². The van der Waals surface area contributed by atoms with Crippen molar-refractivity contribution in [2.75, 3.05) is 36.4 Å². The number of halogens is 1. The molecule has 0 aliphatic heterocycles. The van der Waals surface area contributed by atoms with E-state index in [1.54, 1.807) is 24.3 Å². The van der Waals surface area contributed by atoms with Crippen LogP contribution in [0.25, 0.3) is 22.2 Å². The average molecular weight is 572 g/mol. The van der Waals surface area contributed by atoms with E-state index in [4.69, 9.17) is 19.8 Å². The van der Waals surface area contributed by atoms with Crippen LogP contribution in [0.2, 0.25) is 5.02 Å². The topological polar surface area (TPSA) is 115 Å². The normalized spacial score (nSPS) is 14.0. The maximum atomic E-state index is 12.9. The van der Waals surface area contributed by atoms with Crippen molar-refractivity contribution in [3.05, 3.63) is 108 Å². The summed E-state index contributed by atoms with van der Waals surface area (Å²) < 4.78 is 44.2. The monoisotopic (exact) mass is 571 g/mol. The van der Waals surface area contributed by atoms with Gasteiger partial charge >= 0.3 is 0 Å². The number of benzene rings is 3. The lowest BCUT2D eigenvalue weighted by Gasteiger charge is -2.10. The number of amides is 2. The first-order chi connectivity index (χ1) is 22.3. The first kappa shape index (κ1) is 20.8. The number of aromatic amines is 1. The fourth-order valence-electron chi connectivity index (χ4n) is 4.04. The minimum atomic E-state index is -2.85. The fraction of sp³-hybridized carbons (Fsp3) is 0.0968. The molecule has 0 unspecified atom stereocenters. The summed E-state index contributed by atoms with van der Waals surface area (Å²) in [5, 5.41) is 9.93. The molecule has 0 saturated heterocycles. The Morgan fingerprint density at radius 3 is 2.63 bits per heavy atom. The van der Waals surface area contributed by atoms with Crippen LogP contribution in [0.3, 0.4) is 0 Å². The van der Waals surface area contributed by atoms with Crippen LogP contribution in [-0.4, -0.2) is 52.2 Å². The number of nitrogens with one attached hydrogen (secondary N) is 4. The van der Waals surface area contributed by atoms with E-state index in [9.17, 15) is 9.59 Å². The number of nitrogens with zero attached hydrogens (tertiary/aromatic N) is 3. The first-order valence-corrected chi connectivity index (χ1v) is 12.8. The van der Waals surface area contributed by atoms with Crippen molar-refractivity contribution in [3.63, 3.8) is 0 Å². The Balaban J connectivity index is 1.19. The third-order valence-corrected chi connectivity index (χ3v) is 6.21. The number of hydrogen-bond acceptors (Lipinski definition) is 6. The molecule has 4 N–H and O–H groups in total. The zero-order valence-electron chi connectivity index (χ0n) is 27.5. The summed E-state index contributed by atoms with van der Waals surface area (Å²) in [6.45, 7) is -6.18. The van der Waals surface area contributed by atoms with E-state index >= 15 is 0 Å². The number of anilines is 4. The van der Waals surface area contributed by atoms with Gasteiger partial charge in [-0.1, -0.05) is 41.9 Å². The first-order valence-electron chi connectivity index (χ1n) is 15.4. The van der Waals surface area contributed by atoms with Gasteiger partial charge in [-0.3, -0.25) is 9.59 Å². The highest BCUT2D eigenvalue weighted by Crippen LogP contribution is 2.32. The van der Waals surface area contributed by atoms with Crippen molar-refractivity contribution in [2.45, 2.75) is 0 Å². The Morgan fingerprint density at radius 1 is 1.00 bits per heavy atom. The van der Waals surface area contributed by atoms with Crippen LogP contribution < -0.4 is 16.0 Å². The summed E-state index contributed by atoms with van der Waals surface area (Å²) in [7, 11) is 0. The van der Waals surface area contributed by atoms with E-state index in [0.29, 0.717) is 44.2 Å². The Bertz CT molecular complexity index is 1930. The third kappa shape index (κ3) is 6.96. The standard InChI is InChI=1S/C31H28ClN7O2/c1-39(2)16-6-11-28(40)35-21-14-12-20(13-15-21)30(41)36-22-7-5-8-23(17-22)37-31-34-19-26(32)29(38-31)25-18-33-27-10-4-3-9-24(25)27/h3-15,17-19,33H,16H2,1-2H3,(H,35,40)(H,36,41)(H,34,37,38)/b11-6+/i1D3,2D3. The van der Waals surface area contributed by atoms with Gasteiger partial charge in [0.25, 0.3) is 5.91 Å². The number of para-hydroxylation sites is 1. The number of carbonyl (C=O) groups is 2. The lowest BCUT2D eigenvalue weighted by atomic mass is 10.1. The molecule has 0 atom stereocenters. The van der Waals surface area contributed by atoms with Crippen molar-refractivity contribution in [1.82, 2.24) is 19.9 Å². The molecule has 2 heterocycles. The number of rotatable bonds is 9. The van der Waals surface area contributed by atoms with Gasteiger partial charge in [-0.15, -0.1) is 0 Å². The van der Waals surface area contributed by atoms with Crippen LogP contribution >= 0.6 is 11.6 Å². The molecular formula is C31H28ClN7O2. The van der Waals surface area contributed by atoms with E-state index in [-0.39, 0.29) is 0 Å². The molecule has 2 amide bonds. The maximum absolute atomic E-state index is 12.9. The lowest BCUT2D eigenvalue weighted by molar-refractivity contribution is -0.111. The predicted octanol–water partition coefficient (Wildman–Crippen LogP) is 6.33. The van der Waals surface area contributed by atoms with E-state index < -0.39 is 32.3 Å². The highest BCUT2D eigenvalue weighted by atomic mass is 35.5. The van der Waals surface area contributed by atoms with Gasteiger partial charge in [-0.05, 0) is 62.5 Å². The van der Waals surface area contributed by atoms with Gasteiger partial charge in [0.1, 0.15) is 0 Å². The summed E-state index contributed by atoms with van der Waals surface area (Å²) in [5.41, 5.74) is 4.20. The number of aromatic nitrogens is 3. The quantitative estimate of drug-likeness (QED) is 0.154. The summed E-state index contributed by atoms with van der Waals surface area (Å²) in [6.07, 6.45) is 5.57. The molecular weight excluding hydrogens is 538 g/mol. The molecule has 0 aliphatic rings. The van der Waals surface area contributed by atoms with E-state index in [1.165, 1.54) is 30.5 Å². The Hall–Kier alpha value is -4.99. The molecule has 2 aromatic heterocycles. The largest absolute Gasteiger partial charge is 0.360 e. The van der Waals surface area contributed by atoms with Gasteiger partial charge in [-0.25, -0.2) is 9.97 Å². The molecule has 0 radical (unpaired) electrons. The molecule has 5 aromatic rings. The molecule has 41 heavy (non-hydrogen) atoms. The zero-order valence-corrected chi connectivity index (χ0v) is 22.2. The van der Waals surface area contributed by atoms with Gasteiger partial charge < -0.3 is 25.8 Å². The highest BCUT2D eigenvalue weighted by molar-refractivity contribution is 6.33. The fourth-order valence-corrected chi connectivity index (χ4v) is 4.24. The molecule has 0 fully saturated rings. The summed E-state index contributed by atoms with van der Waals surface area (Å²) >= 11 is 6.45. The summed E-state index contributed by atoms with van der Waals surface area (Å²) in [6, 6.07) is 20.9. The molecule has 0 bridgehead atoms. The number of carbonyl (C=O) groups excluding carboxylic acids is 2. The molecule has 0 spiro atoms. The minimum absolute atomic E-state index is 0.317. The van der Waals surface area contributed by atoms with Gasteiger partial charge in [0.2, 0.25) is 11.9 Å². The number of likely N-dealkylation sites (N-methyl/N-ethyl adjacent to an activating group) is 1. The van der Waals surface area contributed by atoms with E-state index in [0.717, 1.165) is 28.6 Å². The van der Waals surface area contributed by atoms with Gasteiger partial charge in [0, 0.05) is 66.1 Å². The van der Waals surface area contributed by atoms with Gasteiger partial charge in [0.15, 0.2) is 0 Å². The Kier molecular flexibility index (Phi) is 6.34. The van der Waals surface area contributed by atoms with Crippen molar-refractivity contribution < 1.29 is 17.8 Å². The SMILES string of the molecule is [2H]C([2H])([2H])N(C/C=C/C(=O)Nc1ccc(C(=O)Nc2cccc(Nc3ncc(Cl)c(-c4c[nH]c5ccccc45)n3)c2)cc1)C([2H])([2H])[2H]. The maximum Gasteiger partial charge on any atom is 0.255 e. The summed E-state index contributed by atoms with van der Waals surface area (Å²) in [5.74, 6) is -0.669. The van der Waals surface area contributed by atoms with Gasteiger partial charge in [-0.2, -0.15) is 0 Å². The molecule has 0 aliphatic carbocycles. The van der Waals surface area contributed by atoms with Crippen LogP contribution in [0, 0.1) is 0 Å². The molecule has 3 aromatic carbocycles. The molecule has 0 saturated carbocycles. The Labute approximate surface area is 250 Å². The van der Waals surface area contributed by atoms with Crippen molar-refractivity contribution in [3.8, 4) is 11.3 Å². The van der Waals surface area contributed by atoms with Crippen LogP contribution in [-0.2, 0) is 4.79 Å². The second-order valence-electron chi connectivity index (χ2n) is 8.88. The third-order valence-electron chi connectivity index (χ3n) is 5.94. The van der Waals surface area contributed by atoms with E-state index in [1.807, 2.05) is 30.5 Å². The lowest BCUT2D eigenvalue weighted by Crippen LogP contribution is -2.13. The number of H-pyrrole nitrogens is 1. The zero-order chi connectivity index (χ0) is 33.8. The highest BCUT2D eigenvalue weighted by Gasteiger charge is 2.13. The predicted molar refractivity (Wildman–Crippen MR) is 165 cm³/mol. The van der Waals surface area contributed by atoms with Crippen molar-refractivity contribution in [1.29, 1.82) is 0 Å². The number of hydrogen-bond donors (Lipinski definition) is 4. The Morgan fingerprint density at radius 2 is 1.80 bits per heavy atom. The smallest absolute Gasteiger partial charge is 0.255 e. The summed E-state index contributed by atoms with van der Waals surface area (Å²) in [4.78, 5) is 37.7. The van der Waals surface area contributed by atoms with Crippen LogP contribution in [0.5, 0.6) is 0 Å². The second kappa shape index (κ2) is 12.5.